The van der Waals surface area contributed by atoms with Crippen LogP contribution in [0.5, 0.6) is 5.75 Å². The topological polar surface area (TPSA) is 128 Å². The molecule has 0 aliphatic heterocycles. The zero-order valence-corrected chi connectivity index (χ0v) is 24.4. The smallest absolute Gasteiger partial charge is 0.319 e. The summed E-state index contributed by atoms with van der Waals surface area (Å²) < 4.78 is 5.80. The third-order valence-electron chi connectivity index (χ3n) is 6.51. The maximum Gasteiger partial charge on any atom is 0.319 e. The number of amides is 4. The van der Waals surface area contributed by atoms with Crippen molar-refractivity contribution >= 4 is 40.9 Å². The second-order valence-electron chi connectivity index (χ2n) is 10.3. The molecule has 0 fully saturated rings. The first kappa shape index (κ1) is 31.7. The molecular weight excluding hydrogens is 536 g/mol. The Morgan fingerprint density at radius 3 is 2.38 bits per heavy atom. The molecule has 0 aliphatic rings. The molecule has 0 unspecified atom stereocenters. The number of carbonyl (C=O) groups is 4. The van der Waals surface area contributed by atoms with Gasteiger partial charge < -0.3 is 30.3 Å². The van der Waals surface area contributed by atoms with Crippen LogP contribution in [0.25, 0.3) is 0 Å². The van der Waals surface area contributed by atoms with Crippen LogP contribution < -0.4 is 25.2 Å². The van der Waals surface area contributed by atoms with Crippen LogP contribution in [-0.4, -0.2) is 55.7 Å². The van der Waals surface area contributed by atoms with Crippen LogP contribution in [0.1, 0.15) is 31.4 Å². The minimum Gasteiger partial charge on any atom is -0.484 e. The third-order valence-corrected chi connectivity index (χ3v) is 6.51. The van der Waals surface area contributed by atoms with Crippen molar-refractivity contribution in [3.8, 4) is 5.75 Å². The van der Waals surface area contributed by atoms with Crippen LogP contribution >= 0.6 is 0 Å². The Labute approximate surface area is 246 Å². The first-order chi connectivity index (χ1) is 20.0. The van der Waals surface area contributed by atoms with Gasteiger partial charge in [0.25, 0.3) is 5.91 Å². The summed E-state index contributed by atoms with van der Waals surface area (Å²) in [4.78, 5) is 52.6. The monoisotopic (exact) mass is 574 g/mol. The maximum atomic E-state index is 13.3. The van der Waals surface area contributed by atoms with E-state index in [-0.39, 0.29) is 31.4 Å². The van der Waals surface area contributed by atoms with Gasteiger partial charge in [0.05, 0.1) is 13.0 Å². The van der Waals surface area contributed by atoms with E-state index in [9.17, 15) is 19.2 Å². The Kier molecular flexibility index (Phi) is 11.5. The number of nitrogens with zero attached hydrogens (tertiary/aromatic N) is 2. The summed E-state index contributed by atoms with van der Waals surface area (Å²) in [5.41, 5.74) is 3.32. The number of carbonyl (C=O) groups excluding carboxylic acids is 3. The molecule has 0 aliphatic carbocycles. The Balaban J connectivity index is 1.63. The van der Waals surface area contributed by atoms with Gasteiger partial charge in [-0.2, -0.15) is 0 Å². The molecule has 0 aromatic heterocycles. The van der Waals surface area contributed by atoms with Gasteiger partial charge in [-0.3, -0.25) is 14.4 Å². The summed E-state index contributed by atoms with van der Waals surface area (Å²) in [6.07, 6.45) is 0.569. The van der Waals surface area contributed by atoms with E-state index in [1.807, 2.05) is 31.2 Å². The molecule has 3 rings (SSSR count). The number of hydrogen-bond donors (Lipinski definition) is 3. The lowest BCUT2D eigenvalue weighted by atomic mass is 10.1. The van der Waals surface area contributed by atoms with Crippen molar-refractivity contribution in [1.29, 1.82) is 0 Å². The number of aryl methyl sites for hydroxylation is 1. The van der Waals surface area contributed by atoms with Crippen LogP contribution in [0.15, 0.2) is 72.8 Å². The number of rotatable bonds is 13. The molecule has 222 valence electrons. The Bertz CT molecular complexity index is 1410. The number of urea groups is 1. The van der Waals surface area contributed by atoms with Crippen LogP contribution in [-0.2, 0) is 20.8 Å². The molecule has 0 spiro atoms. The lowest BCUT2D eigenvalue weighted by molar-refractivity contribution is -0.136. The van der Waals surface area contributed by atoms with Crippen molar-refractivity contribution in [2.45, 2.75) is 33.6 Å². The fraction of sp³-hybridized carbons (Fsp3) is 0.312. The summed E-state index contributed by atoms with van der Waals surface area (Å²) in [5.74, 6) is -0.736. The second kappa shape index (κ2) is 15.2. The van der Waals surface area contributed by atoms with Gasteiger partial charge in [-0.05, 0) is 60.7 Å². The minimum absolute atomic E-state index is 0.166. The normalized spacial score (nSPS) is 10.6. The summed E-state index contributed by atoms with van der Waals surface area (Å²) in [6.45, 7) is 6.04. The minimum atomic E-state index is -0.973. The average molecular weight is 575 g/mol. The predicted molar refractivity (Wildman–Crippen MR) is 163 cm³/mol. The highest BCUT2D eigenvalue weighted by molar-refractivity contribution is 5.99. The number of carboxylic acid groups (broad SMARTS) is 1. The third kappa shape index (κ3) is 9.65. The van der Waals surface area contributed by atoms with E-state index < -0.39 is 12.0 Å². The lowest BCUT2D eigenvalue weighted by Crippen LogP contribution is -2.42. The van der Waals surface area contributed by atoms with Gasteiger partial charge in [0.15, 0.2) is 6.61 Å². The van der Waals surface area contributed by atoms with E-state index in [2.05, 4.69) is 24.5 Å². The molecule has 4 amide bonds. The highest BCUT2D eigenvalue weighted by atomic mass is 16.5. The fourth-order valence-corrected chi connectivity index (χ4v) is 4.20. The van der Waals surface area contributed by atoms with Crippen molar-refractivity contribution in [3.63, 3.8) is 0 Å². The van der Waals surface area contributed by atoms with Crippen LogP contribution in [0.3, 0.4) is 0 Å². The largest absolute Gasteiger partial charge is 0.484 e. The summed E-state index contributed by atoms with van der Waals surface area (Å²) >= 11 is 0. The second-order valence-corrected chi connectivity index (χ2v) is 10.3. The Morgan fingerprint density at radius 2 is 1.67 bits per heavy atom. The molecule has 0 radical (unpaired) electrons. The highest BCUT2D eigenvalue weighted by Gasteiger charge is 2.19. The zero-order valence-electron chi connectivity index (χ0n) is 24.4. The standard InChI is InChI=1S/C32H38N4O6/c1-22(2)15-16-36(29(37)20-33-32(41)34-25-11-7-10-24(17-25)18-31(39)40)26-12-8-13-27(19-26)42-21-30(38)35(4)28-14-6-5-9-23(28)3/h5-14,17,19,22H,15-16,18,20-21H2,1-4H3,(H,39,40)(H2,33,34,41). The molecule has 0 saturated heterocycles. The molecule has 10 heteroatoms. The predicted octanol–water partition coefficient (Wildman–Crippen LogP) is 4.86. The molecule has 3 N–H and O–H groups in total. The van der Waals surface area contributed by atoms with Crippen molar-refractivity contribution in [1.82, 2.24) is 5.32 Å². The van der Waals surface area contributed by atoms with E-state index in [0.717, 1.165) is 17.7 Å². The Hall–Kier alpha value is -4.86. The first-order valence-electron chi connectivity index (χ1n) is 13.7. The number of likely N-dealkylation sites (N-methyl/N-ethyl adjacent to an activating group) is 1. The van der Waals surface area contributed by atoms with Gasteiger partial charge in [0, 0.05) is 36.7 Å². The van der Waals surface area contributed by atoms with Gasteiger partial charge in [-0.1, -0.05) is 50.2 Å². The molecule has 0 heterocycles. The van der Waals surface area contributed by atoms with E-state index >= 15 is 0 Å². The molecule has 0 saturated carbocycles. The van der Waals surface area contributed by atoms with Crippen molar-refractivity contribution in [2.24, 2.45) is 5.92 Å². The summed E-state index contributed by atoms with van der Waals surface area (Å²) in [7, 11) is 1.70. The number of anilines is 3. The SMILES string of the molecule is Cc1ccccc1N(C)C(=O)COc1cccc(N(CCC(C)C)C(=O)CNC(=O)Nc2cccc(CC(=O)O)c2)c1. The zero-order chi connectivity index (χ0) is 30.6. The van der Waals surface area contributed by atoms with Gasteiger partial charge in [-0.15, -0.1) is 0 Å². The Morgan fingerprint density at radius 1 is 0.929 bits per heavy atom. The van der Waals surface area contributed by atoms with Gasteiger partial charge in [-0.25, -0.2) is 4.79 Å². The number of para-hydroxylation sites is 1. The molecule has 42 heavy (non-hydrogen) atoms. The van der Waals surface area contributed by atoms with Crippen LogP contribution in [0, 0.1) is 12.8 Å². The summed E-state index contributed by atoms with van der Waals surface area (Å²) in [5, 5.41) is 14.2. The van der Waals surface area contributed by atoms with Crippen molar-refractivity contribution in [2.75, 3.05) is 41.9 Å². The van der Waals surface area contributed by atoms with E-state index in [1.54, 1.807) is 65.4 Å². The molecule has 10 nitrogen and oxygen atoms in total. The van der Waals surface area contributed by atoms with Crippen LogP contribution in [0.2, 0.25) is 0 Å². The molecule has 0 atom stereocenters. The van der Waals surface area contributed by atoms with E-state index in [4.69, 9.17) is 9.84 Å². The number of aliphatic carboxylic acids is 1. The summed E-state index contributed by atoms with van der Waals surface area (Å²) in [6, 6.07) is 20.5. The number of carboxylic acids is 1. The number of benzene rings is 3. The average Bonchev–Trinajstić information content (AvgIpc) is 2.94. The van der Waals surface area contributed by atoms with Crippen molar-refractivity contribution < 1.29 is 29.0 Å². The number of ether oxygens (including phenoxy) is 1. The molecular formula is C32H38N4O6. The van der Waals surface area contributed by atoms with Crippen LogP contribution in [0.4, 0.5) is 21.9 Å². The lowest BCUT2D eigenvalue weighted by Gasteiger charge is -2.25. The van der Waals surface area contributed by atoms with E-state index in [0.29, 0.717) is 35.2 Å². The van der Waals surface area contributed by atoms with Gasteiger partial charge in [0.2, 0.25) is 5.91 Å². The number of nitrogens with one attached hydrogen (secondary N) is 2. The molecule has 3 aromatic carbocycles. The van der Waals surface area contributed by atoms with E-state index in [1.165, 1.54) is 0 Å². The highest BCUT2D eigenvalue weighted by Crippen LogP contribution is 2.23. The quantitative estimate of drug-likeness (QED) is 0.267. The first-order valence-corrected chi connectivity index (χ1v) is 13.7. The molecule has 0 bridgehead atoms. The van der Waals surface area contributed by atoms with Gasteiger partial charge in [0.1, 0.15) is 5.75 Å². The maximum absolute atomic E-state index is 13.3. The molecule has 3 aromatic rings. The fourth-order valence-electron chi connectivity index (χ4n) is 4.20. The number of hydrogen-bond acceptors (Lipinski definition) is 5. The van der Waals surface area contributed by atoms with Gasteiger partial charge >= 0.3 is 12.0 Å². The van der Waals surface area contributed by atoms with Crippen molar-refractivity contribution in [3.05, 3.63) is 83.9 Å².